The number of nitrogens with zero attached hydrogens (tertiary/aromatic N) is 5. The lowest BCUT2D eigenvalue weighted by Crippen LogP contribution is -2.47. The standard InChI is InChI=1S/C24H24N6O2S/c1-32-21-9-5-4-8-20(21)29-12-14-30(15-13-29)23-24(27-11-10-26-23)33-17-22(31)28-19-7-3-2-6-18(19)16-25/h2-11H,12-15,17H2,1H3,(H,28,31). The third-order valence-corrected chi connectivity index (χ3v) is 6.28. The molecule has 1 amide bonds. The molecular formula is C24H24N6O2S. The molecule has 0 bridgehead atoms. The van der Waals surface area contributed by atoms with Gasteiger partial charge in [-0.1, -0.05) is 36.0 Å². The van der Waals surface area contributed by atoms with Crippen LogP contribution in [0, 0.1) is 11.3 Å². The lowest BCUT2D eigenvalue weighted by atomic mass is 10.2. The third kappa shape index (κ3) is 5.35. The van der Waals surface area contributed by atoms with Gasteiger partial charge in [0, 0.05) is 38.6 Å². The highest BCUT2D eigenvalue weighted by atomic mass is 32.2. The zero-order valence-corrected chi connectivity index (χ0v) is 19.1. The number of nitriles is 1. The Morgan fingerprint density at radius 2 is 1.76 bits per heavy atom. The number of benzene rings is 2. The van der Waals surface area contributed by atoms with E-state index in [2.05, 4.69) is 37.2 Å². The van der Waals surface area contributed by atoms with Gasteiger partial charge in [0.25, 0.3) is 0 Å². The maximum atomic E-state index is 12.5. The highest BCUT2D eigenvalue weighted by Crippen LogP contribution is 2.31. The van der Waals surface area contributed by atoms with Crippen LogP contribution in [0.4, 0.5) is 17.2 Å². The van der Waals surface area contributed by atoms with E-state index >= 15 is 0 Å². The van der Waals surface area contributed by atoms with Gasteiger partial charge in [0.15, 0.2) is 5.82 Å². The molecule has 1 N–H and O–H groups in total. The van der Waals surface area contributed by atoms with E-state index in [0.29, 0.717) is 16.3 Å². The molecule has 0 unspecified atom stereocenters. The van der Waals surface area contributed by atoms with Crippen LogP contribution in [-0.4, -0.2) is 54.9 Å². The zero-order valence-electron chi connectivity index (χ0n) is 18.3. The van der Waals surface area contributed by atoms with Gasteiger partial charge in [0.1, 0.15) is 16.8 Å². The Kier molecular flexibility index (Phi) is 7.27. The molecule has 8 nitrogen and oxygen atoms in total. The first-order valence-electron chi connectivity index (χ1n) is 10.6. The minimum atomic E-state index is -0.194. The molecule has 2 aromatic carbocycles. The van der Waals surface area contributed by atoms with E-state index in [9.17, 15) is 10.1 Å². The van der Waals surface area contributed by atoms with Crippen molar-refractivity contribution in [3.63, 3.8) is 0 Å². The second-order valence-electron chi connectivity index (χ2n) is 7.33. The van der Waals surface area contributed by atoms with Gasteiger partial charge in [-0.3, -0.25) is 4.79 Å². The Bertz CT molecular complexity index is 1160. The molecule has 0 atom stereocenters. The van der Waals surface area contributed by atoms with Crippen LogP contribution in [0.3, 0.4) is 0 Å². The average molecular weight is 461 g/mol. The van der Waals surface area contributed by atoms with Crippen molar-refractivity contribution in [2.45, 2.75) is 5.03 Å². The lowest BCUT2D eigenvalue weighted by Gasteiger charge is -2.37. The normalized spacial score (nSPS) is 13.3. The molecule has 168 valence electrons. The Balaban J connectivity index is 1.38. The molecule has 2 heterocycles. The Morgan fingerprint density at radius 3 is 2.55 bits per heavy atom. The molecule has 33 heavy (non-hydrogen) atoms. The summed E-state index contributed by atoms with van der Waals surface area (Å²) in [4.78, 5) is 26.0. The molecule has 0 saturated carbocycles. The van der Waals surface area contributed by atoms with Crippen LogP contribution in [0.15, 0.2) is 66.0 Å². The predicted octanol–water partition coefficient (Wildman–Crippen LogP) is 3.41. The summed E-state index contributed by atoms with van der Waals surface area (Å²) in [6.45, 7) is 3.22. The summed E-state index contributed by atoms with van der Waals surface area (Å²) in [6.07, 6.45) is 3.31. The first-order valence-corrected chi connectivity index (χ1v) is 11.5. The molecule has 1 aromatic heterocycles. The fraction of sp³-hybridized carbons (Fsp3) is 0.250. The summed E-state index contributed by atoms with van der Waals surface area (Å²) in [6, 6.07) is 17.1. The minimum Gasteiger partial charge on any atom is -0.495 e. The van der Waals surface area contributed by atoms with Gasteiger partial charge in [-0.15, -0.1) is 0 Å². The first kappa shape index (κ1) is 22.4. The largest absolute Gasteiger partial charge is 0.495 e. The zero-order chi connectivity index (χ0) is 23.0. The molecule has 1 aliphatic heterocycles. The smallest absolute Gasteiger partial charge is 0.234 e. The van der Waals surface area contributed by atoms with E-state index in [1.807, 2.05) is 18.2 Å². The lowest BCUT2D eigenvalue weighted by molar-refractivity contribution is -0.113. The number of ether oxygens (including phenoxy) is 1. The predicted molar refractivity (Wildman–Crippen MR) is 130 cm³/mol. The quantitative estimate of drug-likeness (QED) is 0.536. The van der Waals surface area contributed by atoms with E-state index in [0.717, 1.165) is 43.4 Å². The van der Waals surface area contributed by atoms with E-state index in [1.165, 1.54) is 11.8 Å². The van der Waals surface area contributed by atoms with Crippen LogP contribution in [0.5, 0.6) is 5.75 Å². The van der Waals surface area contributed by atoms with Crippen LogP contribution in [0.1, 0.15) is 5.56 Å². The number of piperazine rings is 1. The van der Waals surface area contributed by atoms with E-state index in [4.69, 9.17) is 4.74 Å². The van der Waals surface area contributed by atoms with Crippen LogP contribution >= 0.6 is 11.8 Å². The fourth-order valence-electron chi connectivity index (χ4n) is 3.70. The second kappa shape index (κ2) is 10.7. The number of amides is 1. The number of rotatable bonds is 7. The summed E-state index contributed by atoms with van der Waals surface area (Å²) >= 11 is 1.34. The number of methoxy groups -OCH3 is 1. The maximum Gasteiger partial charge on any atom is 0.234 e. The number of nitrogens with one attached hydrogen (secondary N) is 1. The van der Waals surface area contributed by atoms with Crippen LogP contribution in [-0.2, 0) is 4.79 Å². The van der Waals surface area contributed by atoms with Gasteiger partial charge < -0.3 is 19.9 Å². The van der Waals surface area contributed by atoms with Crippen molar-refractivity contribution in [1.82, 2.24) is 9.97 Å². The number of carbonyl (C=O) groups excluding carboxylic acids is 1. The Morgan fingerprint density at radius 1 is 1.06 bits per heavy atom. The van der Waals surface area contributed by atoms with Gasteiger partial charge in [0.2, 0.25) is 5.91 Å². The SMILES string of the molecule is COc1ccccc1N1CCN(c2nccnc2SCC(=O)Nc2ccccc2C#N)CC1. The molecular weight excluding hydrogens is 436 g/mol. The first-order chi connectivity index (χ1) is 16.2. The summed E-state index contributed by atoms with van der Waals surface area (Å²) in [5.41, 5.74) is 2.03. The van der Waals surface area contributed by atoms with E-state index in [-0.39, 0.29) is 11.7 Å². The van der Waals surface area contributed by atoms with Gasteiger partial charge in [-0.25, -0.2) is 9.97 Å². The fourth-order valence-corrected chi connectivity index (χ4v) is 4.48. The van der Waals surface area contributed by atoms with Crippen molar-refractivity contribution in [3.8, 4) is 11.8 Å². The van der Waals surface area contributed by atoms with Crippen LogP contribution in [0.25, 0.3) is 0 Å². The highest BCUT2D eigenvalue weighted by molar-refractivity contribution is 8.00. The Labute approximate surface area is 197 Å². The van der Waals surface area contributed by atoms with Gasteiger partial charge in [-0.05, 0) is 24.3 Å². The molecule has 1 saturated heterocycles. The summed E-state index contributed by atoms with van der Waals surface area (Å²) in [7, 11) is 1.69. The van der Waals surface area contributed by atoms with Crippen molar-refractivity contribution in [1.29, 1.82) is 5.26 Å². The van der Waals surface area contributed by atoms with Gasteiger partial charge >= 0.3 is 0 Å². The molecule has 0 radical (unpaired) electrons. The summed E-state index contributed by atoms with van der Waals surface area (Å²) < 4.78 is 5.50. The minimum absolute atomic E-state index is 0.173. The molecule has 0 spiro atoms. The van der Waals surface area contributed by atoms with Crippen molar-refractivity contribution < 1.29 is 9.53 Å². The monoisotopic (exact) mass is 460 g/mol. The number of thioether (sulfide) groups is 1. The van der Waals surface area contributed by atoms with E-state index < -0.39 is 0 Å². The van der Waals surface area contributed by atoms with Crippen molar-refractivity contribution in [2.24, 2.45) is 0 Å². The third-order valence-electron chi connectivity index (χ3n) is 5.31. The van der Waals surface area contributed by atoms with E-state index in [1.54, 1.807) is 43.8 Å². The number of para-hydroxylation sites is 3. The molecule has 4 rings (SSSR count). The number of carbonyl (C=O) groups is 1. The molecule has 1 aliphatic rings. The van der Waals surface area contributed by atoms with Crippen molar-refractivity contribution >= 4 is 34.9 Å². The maximum absolute atomic E-state index is 12.5. The van der Waals surface area contributed by atoms with Gasteiger partial charge in [0.05, 0.1) is 29.8 Å². The topological polar surface area (TPSA) is 94.4 Å². The number of anilines is 3. The number of hydrogen-bond acceptors (Lipinski definition) is 8. The Hall–Kier alpha value is -3.77. The average Bonchev–Trinajstić information content (AvgIpc) is 2.88. The van der Waals surface area contributed by atoms with Crippen molar-refractivity contribution in [3.05, 3.63) is 66.5 Å². The molecule has 9 heteroatoms. The molecule has 0 aliphatic carbocycles. The summed E-state index contributed by atoms with van der Waals surface area (Å²) in [5, 5.41) is 12.7. The van der Waals surface area contributed by atoms with Crippen molar-refractivity contribution in [2.75, 3.05) is 54.2 Å². The van der Waals surface area contributed by atoms with Crippen LogP contribution < -0.4 is 19.9 Å². The molecule has 3 aromatic rings. The number of hydrogen-bond donors (Lipinski definition) is 1. The second-order valence-corrected chi connectivity index (χ2v) is 8.29. The molecule has 1 fully saturated rings. The highest BCUT2D eigenvalue weighted by Gasteiger charge is 2.23. The van der Waals surface area contributed by atoms with Gasteiger partial charge in [-0.2, -0.15) is 5.26 Å². The summed E-state index contributed by atoms with van der Waals surface area (Å²) in [5.74, 6) is 1.63. The number of aromatic nitrogens is 2. The van der Waals surface area contributed by atoms with Crippen LogP contribution in [0.2, 0.25) is 0 Å².